The van der Waals surface area contributed by atoms with Crippen molar-refractivity contribution >= 4 is 50.7 Å². The van der Waals surface area contributed by atoms with E-state index in [9.17, 15) is 18.0 Å². The Morgan fingerprint density at radius 1 is 1.11 bits per heavy atom. The molecule has 0 aliphatic rings. The van der Waals surface area contributed by atoms with E-state index in [0.717, 1.165) is 23.4 Å². The van der Waals surface area contributed by atoms with Crippen molar-refractivity contribution in [1.82, 2.24) is 10.2 Å². The first kappa shape index (κ1) is 28.7. The van der Waals surface area contributed by atoms with E-state index in [1.807, 2.05) is 6.92 Å². The summed E-state index contributed by atoms with van der Waals surface area (Å²) >= 11 is 12.5. The van der Waals surface area contributed by atoms with Crippen LogP contribution in [0.15, 0.2) is 42.5 Å². The molecular weight excluding hydrogens is 513 g/mol. The number of amides is 2. The summed E-state index contributed by atoms with van der Waals surface area (Å²) in [7, 11) is -2.42. The van der Waals surface area contributed by atoms with Gasteiger partial charge in [-0.2, -0.15) is 0 Å². The molecule has 2 aromatic rings. The lowest BCUT2D eigenvalue weighted by atomic mass is 10.1. The van der Waals surface area contributed by atoms with E-state index < -0.39 is 28.5 Å². The second-order valence-electron chi connectivity index (χ2n) is 8.02. The van der Waals surface area contributed by atoms with Crippen LogP contribution in [0.2, 0.25) is 10.0 Å². The summed E-state index contributed by atoms with van der Waals surface area (Å²) in [5, 5.41) is 3.46. The largest absolute Gasteiger partial charge is 0.495 e. The number of carbonyl (C=O) groups excluding carboxylic acids is 2. The van der Waals surface area contributed by atoms with Gasteiger partial charge in [-0.25, -0.2) is 8.42 Å². The van der Waals surface area contributed by atoms with E-state index in [2.05, 4.69) is 5.32 Å². The zero-order chi connectivity index (χ0) is 26.2. The van der Waals surface area contributed by atoms with E-state index in [1.165, 1.54) is 30.2 Å². The van der Waals surface area contributed by atoms with Gasteiger partial charge in [0.05, 0.1) is 24.1 Å². The van der Waals surface area contributed by atoms with Crippen LogP contribution in [0.1, 0.15) is 32.3 Å². The van der Waals surface area contributed by atoms with Crippen LogP contribution >= 0.6 is 23.2 Å². The second-order valence-corrected chi connectivity index (χ2v) is 10.7. The van der Waals surface area contributed by atoms with Crippen LogP contribution in [0, 0.1) is 0 Å². The summed E-state index contributed by atoms with van der Waals surface area (Å²) in [6, 6.07) is 10.5. The van der Waals surface area contributed by atoms with Gasteiger partial charge in [-0.3, -0.25) is 13.9 Å². The van der Waals surface area contributed by atoms with Gasteiger partial charge < -0.3 is 15.0 Å². The first-order valence-electron chi connectivity index (χ1n) is 11.1. The fourth-order valence-electron chi connectivity index (χ4n) is 3.35. The number of unbranched alkanes of at least 4 members (excludes halogenated alkanes) is 1. The maximum absolute atomic E-state index is 13.5. The molecule has 2 amide bonds. The number of methoxy groups -OCH3 is 1. The van der Waals surface area contributed by atoms with Crippen LogP contribution in [-0.2, 0) is 26.2 Å². The second kappa shape index (κ2) is 13.0. The summed E-state index contributed by atoms with van der Waals surface area (Å²) in [5.74, 6) is -0.536. The Hall–Kier alpha value is -2.49. The summed E-state index contributed by atoms with van der Waals surface area (Å²) < 4.78 is 31.3. The number of hydrogen-bond donors (Lipinski definition) is 1. The maximum atomic E-state index is 13.5. The summed E-state index contributed by atoms with van der Waals surface area (Å²) in [6.07, 6.45) is 2.71. The van der Waals surface area contributed by atoms with Crippen LogP contribution in [0.4, 0.5) is 5.69 Å². The number of carbonyl (C=O) groups is 2. The average Bonchev–Trinajstić information content (AvgIpc) is 2.80. The Labute approximate surface area is 217 Å². The van der Waals surface area contributed by atoms with Gasteiger partial charge in [-0.05, 0) is 43.2 Å². The van der Waals surface area contributed by atoms with Gasteiger partial charge in [0, 0.05) is 18.1 Å². The summed E-state index contributed by atoms with van der Waals surface area (Å²) in [5.41, 5.74) is 0.832. The molecule has 1 atom stereocenters. The minimum absolute atomic E-state index is 0.0296. The van der Waals surface area contributed by atoms with Crippen molar-refractivity contribution in [3.05, 3.63) is 58.1 Å². The van der Waals surface area contributed by atoms with E-state index in [0.29, 0.717) is 22.9 Å². The monoisotopic (exact) mass is 543 g/mol. The smallest absolute Gasteiger partial charge is 0.244 e. The van der Waals surface area contributed by atoms with Crippen LogP contribution in [0.5, 0.6) is 5.75 Å². The first-order valence-corrected chi connectivity index (χ1v) is 13.7. The van der Waals surface area contributed by atoms with Crippen LogP contribution < -0.4 is 14.4 Å². The number of benzene rings is 2. The van der Waals surface area contributed by atoms with Gasteiger partial charge in [0.1, 0.15) is 18.3 Å². The fraction of sp³-hybridized carbons (Fsp3) is 0.417. The lowest BCUT2D eigenvalue weighted by molar-refractivity contribution is -0.139. The molecule has 0 radical (unpaired) electrons. The molecule has 0 fully saturated rings. The Morgan fingerprint density at radius 2 is 1.80 bits per heavy atom. The standard InChI is InChI=1S/C24H31Cl2N3O5S/c1-5-6-13-27-24(31)17(2)28(15-18-9-7-8-10-20(18)25)23(30)16-29(35(4,32)33)19-11-12-22(34-3)21(26)14-19/h7-12,14,17H,5-6,13,15-16H2,1-4H3,(H,27,31)/t17-/m1/s1. The van der Waals surface area contributed by atoms with Crippen molar-refractivity contribution < 1.29 is 22.7 Å². The Kier molecular flexibility index (Phi) is 10.7. The Balaban J connectivity index is 2.39. The van der Waals surface area contributed by atoms with Gasteiger partial charge in [-0.15, -0.1) is 0 Å². The molecule has 0 saturated heterocycles. The lowest BCUT2D eigenvalue weighted by Gasteiger charge is -2.31. The van der Waals surface area contributed by atoms with E-state index >= 15 is 0 Å². The highest BCUT2D eigenvalue weighted by Crippen LogP contribution is 2.30. The number of nitrogens with zero attached hydrogens (tertiary/aromatic N) is 2. The van der Waals surface area contributed by atoms with Crippen LogP contribution in [-0.4, -0.2) is 57.6 Å². The summed E-state index contributed by atoms with van der Waals surface area (Å²) in [4.78, 5) is 27.6. The molecule has 0 bridgehead atoms. The molecule has 8 nitrogen and oxygen atoms in total. The van der Waals surface area contributed by atoms with Gasteiger partial charge in [-0.1, -0.05) is 54.7 Å². The Bertz CT molecular complexity index is 1140. The number of hydrogen-bond acceptors (Lipinski definition) is 5. The van der Waals surface area contributed by atoms with E-state index in [4.69, 9.17) is 27.9 Å². The molecule has 0 spiro atoms. The minimum Gasteiger partial charge on any atom is -0.495 e. The van der Waals surface area contributed by atoms with Gasteiger partial charge in [0.25, 0.3) is 0 Å². The molecule has 0 aromatic heterocycles. The minimum atomic E-state index is -3.87. The van der Waals surface area contributed by atoms with Crippen molar-refractivity contribution in [1.29, 1.82) is 0 Å². The highest BCUT2D eigenvalue weighted by atomic mass is 35.5. The van der Waals surface area contributed by atoms with Crippen molar-refractivity contribution in [2.24, 2.45) is 0 Å². The molecule has 11 heteroatoms. The number of sulfonamides is 1. The molecule has 35 heavy (non-hydrogen) atoms. The van der Waals surface area contributed by atoms with Crippen molar-refractivity contribution in [3.63, 3.8) is 0 Å². The van der Waals surface area contributed by atoms with E-state index in [-0.39, 0.29) is 23.2 Å². The van der Waals surface area contributed by atoms with Gasteiger partial charge >= 0.3 is 0 Å². The molecule has 0 aliphatic heterocycles. The van der Waals surface area contributed by atoms with Crippen LogP contribution in [0.3, 0.4) is 0 Å². The predicted molar refractivity (Wildman–Crippen MR) is 140 cm³/mol. The third-order valence-electron chi connectivity index (χ3n) is 5.40. The van der Waals surface area contributed by atoms with Gasteiger partial charge in [0.2, 0.25) is 21.8 Å². The first-order chi connectivity index (χ1) is 16.5. The fourth-order valence-corrected chi connectivity index (χ4v) is 4.64. The quantitative estimate of drug-likeness (QED) is 0.406. The number of anilines is 1. The predicted octanol–water partition coefficient (Wildman–Crippen LogP) is 4.10. The molecule has 2 aromatic carbocycles. The number of halogens is 2. The van der Waals surface area contributed by atoms with Crippen molar-refractivity contribution in [2.75, 3.05) is 30.8 Å². The molecule has 0 aliphatic carbocycles. The highest BCUT2D eigenvalue weighted by Gasteiger charge is 2.30. The summed E-state index contributed by atoms with van der Waals surface area (Å²) in [6.45, 7) is 3.59. The molecule has 0 saturated carbocycles. The van der Waals surface area contributed by atoms with E-state index in [1.54, 1.807) is 31.2 Å². The SMILES string of the molecule is CCCCNC(=O)[C@@H](C)N(Cc1ccccc1Cl)C(=O)CN(c1ccc(OC)c(Cl)c1)S(C)(=O)=O. The van der Waals surface area contributed by atoms with Gasteiger partial charge in [0.15, 0.2) is 0 Å². The topological polar surface area (TPSA) is 96.0 Å². The van der Waals surface area contributed by atoms with Crippen molar-refractivity contribution in [2.45, 2.75) is 39.3 Å². The molecule has 192 valence electrons. The van der Waals surface area contributed by atoms with Crippen LogP contribution in [0.25, 0.3) is 0 Å². The molecule has 2 rings (SSSR count). The molecule has 1 N–H and O–H groups in total. The molecular formula is C24H31Cl2N3O5S. The molecule has 0 heterocycles. The molecule has 0 unspecified atom stereocenters. The third kappa shape index (κ3) is 8.02. The highest BCUT2D eigenvalue weighted by molar-refractivity contribution is 7.92. The zero-order valence-electron chi connectivity index (χ0n) is 20.3. The third-order valence-corrected chi connectivity index (χ3v) is 7.20. The number of ether oxygens (including phenoxy) is 1. The zero-order valence-corrected chi connectivity index (χ0v) is 22.6. The number of rotatable bonds is 12. The maximum Gasteiger partial charge on any atom is 0.244 e. The van der Waals surface area contributed by atoms with Crippen molar-refractivity contribution in [3.8, 4) is 5.75 Å². The lowest BCUT2D eigenvalue weighted by Crippen LogP contribution is -2.51. The number of nitrogens with one attached hydrogen (secondary N) is 1. The normalized spacial score (nSPS) is 12.1. The Morgan fingerprint density at radius 3 is 2.37 bits per heavy atom. The average molecular weight is 545 g/mol.